The highest BCUT2D eigenvalue weighted by atomic mass is 16.1. The van der Waals surface area contributed by atoms with Gasteiger partial charge in [-0.25, -0.2) is 4.79 Å². The average Bonchev–Trinajstić information content (AvgIpc) is 1.97. The highest BCUT2D eigenvalue weighted by Gasteiger charge is 1.97. The number of unbranched alkanes of at least 4 members (excludes halogenated alkanes) is 1. The van der Waals surface area contributed by atoms with Crippen LogP contribution < -0.4 is 0 Å². The van der Waals surface area contributed by atoms with Gasteiger partial charge in [0.05, 0.1) is 0 Å². The van der Waals surface area contributed by atoms with Gasteiger partial charge in [-0.15, -0.1) is 0 Å². The van der Waals surface area contributed by atoms with Crippen molar-refractivity contribution in [2.45, 2.75) is 39.5 Å². The van der Waals surface area contributed by atoms with Gasteiger partial charge in [-0.1, -0.05) is 33.1 Å². The van der Waals surface area contributed by atoms with Crippen LogP contribution in [0.25, 0.3) is 0 Å². The van der Waals surface area contributed by atoms with Gasteiger partial charge in [-0.05, 0) is 12.3 Å². The number of rotatable bonds is 5. The summed E-state index contributed by atoms with van der Waals surface area (Å²) in [6.07, 6.45) is 6.22. The molecular weight excluding hydrogens is 124 g/mol. The molecule has 0 aliphatic heterocycles. The number of hydrogen-bond acceptors (Lipinski definition) is 1. The minimum absolute atomic E-state index is 0.654. The smallest absolute Gasteiger partial charge is 0.120 e. The molecule has 0 aliphatic carbocycles. The highest BCUT2D eigenvalue weighted by molar-refractivity contribution is 5.44. The van der Waals surface area contributed by atoms with E-state index < -0.39 is 0 Å². The van der Waals surface area contributed by atoms with Crippen LogP contribution in [0.1, 0.15) is 39.5 Å². The van der Waals surface area contributed by atoms with Crippen LogP contribution >= 0.6 is 0 Å². The Balaban J connectivity index is 3.24. The first-order chi connectivity index (χ1) is 4.81. The van der Waals surface area contributed by atoms with Gasteiger partial charge in [0.2, 0.25) is 0 Å². The fraction of sp³-hybridized carbons (Fsp3) is 0.778. The van der Waals surface area contributed by atoms with Crippen molar-refractivity contribution < 1.29 is 4.79 Å². The zero-order valence-corrected chi connectivity index (χ0v) is 6.89. The molecule has 0 aromatic carbocycles. The lowest BCUT2D eigenvalue weighted by Gasteiger charge is -2.04. The SMILES string of the molecule is CCCCC(C)CC=C=O. The first-order valence-electron chi connectivity index (χ1n) is 4.00. The molecule has 0 rings (SSSR count). The molecule has 1 nitrogen and oxygen atoms in total. The van der Waals surface area contributed by atoms with Crippen LogP contribution in [-0.4, -0.2) is 5.94 Å². The molecule has 0 aromatic rings. The van der Waals surface area contributed by atoms with Crippen molar-refractivity contribution in [3.8, 4) is 0 Å². The van der Waals surface area contributed by atoms with E-state index in [0.717, 1.165) is 6.42 Å². The maximum atomic E-state index is 9.80. The highest BCUT2D eigenvalue weighted by Crippen LogP contribution is 2.10. The van der Waals surface area contributed by atoms with Gasteiger partial charge in [-0.3, -0.25) is 0 Å². The molecule has 0 fully saturated rings. The Bertz CT molecular complexity index is 112. The zero-order valence-electron chi connectivity index (χ0n) is 6.89. The van der Waals surface area contributed by atoms with E-state index in [2.05, 4.69) is 13.8 Å². The van der Waals surface area contributed by atoms with Crippen molar-refractivity contribution in [1.29, 1.82) is 0 Å². The van der Waals surface area contributed by atoms with E-state index in [9.17, 15) is 4.79 Å². The predicted octanol–water partition coefficient (Wildman–Crippen LogP) is 2.59. The quantitative estimate of drug-likeness (QED) is 0.536. The first-order valence-corrected chi connectivity index (χ1v) is 4.00. The Labute approximate surface area is 63.1 Å². The molecule has 0 aromatic heterocycles. The minimum atomic E-state index is 0.654. The van der Waals surface area contributed by atoms with Crippen molar-refractivity contribution in [3.05, 3.63) is 6.08 Å². The summed E-state index contributed by atoms with van der Waals surface area (Å²) in [6.45, 7) is 4.35. The standard InChI is InChI=1S/C9H16O/c1-3-4-6-9(2)7-5-8-10/h5,9H,3-4,6-7H2,1-2H3. The van der Waals surface area contributed by atoms with E-state index in [4.69, 9.17) is 0 Å². The molecule has 0 bridgehead atoms. The lowest BCUT2D eigenvalue weighted by molar-refractivity contribution is 0.510. The van der Waals surface area contributed by atoms with Gasteiger partial charge in [0, 0.05) is 6.08 Å². The van der Waals surface area contributed by atoms with E-state index in [0.29, 0.717) is 5.92 Å². The molecule has 0 saturated heterocycles. The van der Waals surface area contributed by atoms with Gasteiger partial charge < -0.3 is 0 Å². The Hall–Kier alpha value is -0.550. The van der Waals surface area contributed by atoms with E-state index in [-0.39, 0.29) is 0 Å². The molecule has 58 valence electrons. The third-order valence-electron chi connectivity index (χ3n) is 1.65. The summed E-state index contributed by atoms with van der Waals surface area (Å²) in [5.41, 5.74) is 0. The third kappa shape index (κ3) is 5.58. The molecule has 0 saturated carbocycles. The van der Waals surface area contributed by atoms with Crippen molar-refractivity contribution in [2.24, 2.45) is 5.92 Å². The van der Waals surface area contributed by atoms with Crippen LogP contribution in [0.5, 0.6) is 0 Å². The second-order valence-electron chi connectivity index (χ2n) is 2.81. The fourth-order valence-corrected chi connectivity index (χ4v) is 0.920. The number of hydrogen-bond donors (Lipinski definition) is 0. The summed E-state index contributed by atoms with van der Waals surface area (Å²) in [6, 6.07) is 0. The van der Waals surface area contributed by atoms with E-state index in [1.54, 1.807) is 12.0 Å². The molecule has 1 unspecified atom stereocenters. The van der Waals surface area contributed by atoms with Crippen molar-refractivity contribution in [2.75, 3.05) is 0 Å². The minimum Gasteiger partial charge on any atom is -0.234 e. The summed E-state index contributed by atoms with van der Waals surface area (Å²) < 4.78 is 0. The molecular formula is C9H16O. The Morgan fingerprint density at radius 1 is 1.60 bits per heavy atom. The van der Waals surface area contributed by atoms with Gasteiger partial charge in [0.25, 0.3) is 0 Å². The zero-order chi connectivity index (χ0) is 7.82. The number of carbonyl (C=O) groups excluding carboxylic acids is 1. The van der Waals surface area contributed by atoms with Gasteiger partial charge in [0.15, 0.2) is 0 Å². The largest absolute Gasteiger partial charge is 0.234 e. The van der Waals surface area contributed by atoms with Crippen LogP contribution in [0.4, 0.5) is 0 Å². The molecule has 0 amide bonds. The first kappa shape index (κ1) is 9.45. The van der Waals surface area contributed by atoms with Crippen molar-refractivity contribution >= 4 is 5.94 Å². The van der Waals surface area contributed by atoms with Crippen LogP contribution in [0.15, 0.2) is 6.08 Å². The summed E-state index contributed by atoms with van der Waals surface area (Å²) in [5, 5.41) is 0. The van der Waals surface area contributed by atoms with Gasteiger partial charge in [0.1, 0.15) is 5.94 Å². The Morgan fingerprint density at radius 2 is 2.30 bits per heavy atom. The van der Waals surface area contributed by atoms with Gasteiger partial charge in [-0.2, -0.15) is 0 Å². The molecule has 0 N–H and O–H groups in total. The molecule has 1 atom stereocenters. The van der Waals surface area contributed by atoms with Crippen LogP contribution in [0.3, 0.4) is 0 Å². The van der Waals surface area contributed by atoms with E-state index >= 15 is 0 Å². The summed E-state index contributed by atoms with van der Waals surface area (Å²) >= 11 is 0. The maximum absolute atomic E-state index is 9.80. The fourth-order valence-electron chi connectivity index (χ4n) is 0.920. The molecule has 0 aliphatic rings. The average molecular weight is 140 g/mol. The van der Waals surface area contributed by atoms with Crippen LogP contribution in [0.2, 0.25) is 0 Å². The van der Waals surface area contributed by atoms with Crippen LogP contribution in [-0.2, 0) is 4.79 Å². The van der Waals surface area contributed by atoms with E-state index in [1.807, 2.05) is 0 Å². The lowest BCUT2D eigenvalue weighted by Crippen LogP contribution is -1.91. The monoisotopic (exact) mass is 140 g/mol. The molecule has 0 heterocycles. The lowest BCUT2D eigenvalue weighted by atomic mass is 10.0. The second-order valence-corrected chi connectivity index (χ2v) is 2.81. The van der Waals surface area contributed by atoms with Gasteiger partial charge >= 0.3 is 0 Å². The molecule has 0 radical (unpaired) electrons. The maximum Gasteiger partial charge on any atom is 0.120 e. The third-order valence-corrected chi connectivity index (χ3v) is 1.65. The molecule has 0 spiro atoms. The predicted molar refractivity (Wildman–Crippen MR) is 43.6 cm³/mol. The normalized spacial score (nSPS) is 12.2. The van der Waals surface area contributed by atoms with Crippen molar-refractivity contribution in [1.82, 2.24) is 0 Å². The topological polar surface area (TPSA) is 17.1 Å². The summed E-state index contributed by atoms with van der Waals surface area (Å²) in [7, 11) is 0. The Kier molecular flexibility index (Phi) is 6.21. The summed E-state index contributed by atoms with van der Waals surface area (Å²) in [4.78, 5) is 9.80. The van der Waals surface area contributed by atoms with Crippen LogP contribution in [0, 0.1) is 5.92 Å². The Morgan fingerprint density at radius 3 is 2.80 bits per heavy atom. The number of allylic oxidation sites excluding steroid dienone is 1. The molecule has 10 heavy (non-hydrogen) atoms. The van der Waals surface area contributed by atoms with E-state index in [1.165, 1.54) is 19.3 Å². The van der Waals surface area contributed by atoms with Crippen molar-refractivity contribution in [3.63, 3.8) is 0 Å². The summed E-state index contributed by atoms with van der Waals surface area (Å²) in [5.74, 6) is 2.45. The second kappa shape index (κ2) is 6.57. The molecule has 1 heteroatoms.